The third-order valence-corrected chi connectivity index (χ3v) is 4.29. The van der Waals surface area contributed by atoms with Crippen LogP contribution in [0.3, 0.4) is 0 Å². The van der Waals surface area contributed by atoms with E-state index in [0.29, 0.717) is 31.3 Å². The summed E-state index contributed by atoms with van der Waals surface area (Å²) in [5.74, 6) is 0.598. The average molecular weight is 340 g/mol. The molecule has 1 saturated heterocycles. The van der Waals surface area contributed by atoms with Gasteiger partial charge in [0.15, 0.2) is 0 Å². The molecular weight excluding hydrogens is 316 g/mol. The van der Waals surface area contributed by atoms with Crippen LogP contribution < -0.4 is 4.74 Å². The first-order valence-electron chi connectivity index (χ1n) is 8.68. The lowest BCUT2D eigenvalue weighted by atomic mass is 10.1. The van der Waals surface area contributed by atoms with Crippen molar-refractivity contribution >= 4 is 5.91 Å². The molecule has 0 aliphatic carbocycles. The zero-order chi connectivity index (χ0) is 17.6. The van der Waals surface area contributed by atoms with Crippen LogP contribution in [0.2, 0.25) is 0 Å². The Morgan fingerprint density at radius 2 is 2.08 bits per heavy atom. The Morgan fingerprint density at radius 1 is 1.28 bits per heavy atom. The molecule has 132 valence electrons. The molecule has 0 N–H and O–H groups in total. The highest BCUT2D eigenvalue weighted by Crippen LogP contribution is 2.19. The highest BCUT2D eigenvalue weighted by molar-refractivity contribution is 5.92. The number of amides is 1. The minimum atomic E-state index is -0.0555. The van der Waals surface area contributed by atoms with Gasteiger partial charge in [-0.1, -0.05) is 30.3 Å². The van der Waals surface area contributed by atoms with E-state index in [9.17, 15) is 4.79 Å². The van der Waals surface area contributed by atoms with Crippen molar-refractivity contribution in [1.29, 1.82) is 0 Å². The predicted octanol–water partition coefficient (Wildman–Crippen LogP) is 3.30. The Morgan fingerprint density at radius 3 is 2.68 bits per heavy atom. The Kier molecular flexibility index (Phi) is 5.66. The van der Waals surface area contributed by atoms with Gasteiger partial charge in [0.1, 0.15) is 18.1 Å². The number of carbonyl (C=O) groups excluding carboxylic acids is 1. The van der Waals surface area contributed by atoms with Crippen molar-refractivity contribution in [2.45, 2.75) is 39.0 Å². The van der Waals surface area contributed by atoms with Crippen LogP contribution in [-0.4, -0.2) is 41.1 Å². The fraction of sp³-hybridized carbons (Fsp3) is 0.400. The van der Waals surface area contributed by atoms with Crippen LogP contribution in [0.15, 0.2) is 48.7 Å². The molecular formula is C20H24N2O3. The Bertz CT molecular complexity index is 680. The second-order valence-corrected chi connectivity index (χ2v) is 6.48. The molecule has 0 spiro atoms. The summed E-state index contributed by atoms with van der Waals surface area (Å²) in [7, 11) is 0. The van der Waals surface area contributed by atoms with Crippen molar-refractivity contribution in [3.63, 3.8) is 0 Å². The van der Waals surface area contributed by atoms with Crippen LogP contribution >= 0.6 is 0 Å². The molecule has 2 heterocycles. The van der Waals surface area contributed by atoms with E-state index in [1.807, 2.05) is 49.1 Å². The van der Waals surface area contributed by atoms with E-state index in [1.54, 1.807) is 18.3 Å². The third-order valence-electron chi connectivity index (χ3n) is 4.29. The van der Waals surface area contributed by atoms with Crippen LogP contribution in [0, 0.1) is 0 Å². The number of benzene rings is 1. The van der Waals surface area contributed by atoms with Crippen LogP contribution in [0.1, 0.15) is 36.3 Å². The lowest BCUT2D eigenvalue weighted by molar-refractivity contribution is 0.0575. The smallest absolute Gasteiger partial charge is 0.273 e. The van der Waals surface area contributed by atoms with E-state index < -0.39 is 0 Å². The maximum absolute atomic E-state index is 12.8. The molecule has 1 atom stereocenters. The molecule has 25 heavy (non-hydrogen) atoms. The van der Waals surface area contributed by atoms with E-state index in [1.165, 1.54) is 0 Å². The highest BCUT2D eigenvalue weighted by atomic mass is 16.5. The SMILES string of the molecule is CC(C)N(C(=O)c1ccc(OCc2ccccc2)cn1)C1CCOC1. The van der Waals surface area contributed by atoms with Crippen LogP contribution in [0.25, 0.3) is 0 Å². The maximum Gasteiger partial charge on any atom is 0.273 e. The van der Waals surface area contributed by atoms with Gasteiger partial charge in [0, 0.05) is 12.6 Å². The molecule has 5 nitrogen and oxygen atoms in total. The molecule has 1 aliphatic rings. The summed E-state index contributed by atoms with van der Waals surface area (Å²) in [6.07, 6.45) is 2.49. The van der Waals surface area contributed by atoms with Crippen LogP contribution in [-0.2, 0) is 11.3 Å². The van der Waals surface area contributed by atoms with Crippen molar-refractivity contribution < 1.29 is 14.3 Å². The molecule has 1 amide bonds. The number of pyridine rings is 1. The van der Waals surface area contributed by atoms with Gasteiger partial charge in [-0.15, -0.1) is 0 Å². The summed E-state index contributed by atoms with van der Waals surface area (Å²) in [5.41, 5.74) is 1.53. The summed E-state index contributed by atoms with van der Waals surface area (Å²) in [6, 6.07) is 13.7. The van der Waals surface area contributed by atoms with Crippen molar-refractivity contribution in [1.82, 2.24) is 9.88 Å². The number of ether oxygens (including phenoxy) is 2. The molecule has 2 aromatic rings. The molecule has 1 aliphatic heterocycles. The monoisotopic (exact) mass is 340 g/mol. The van der Waals surface area contributed by atoms with Gasteiger partial charge in [-0.05, 0) is 38.0 Å². The van der Waals surface area contributed by atoms with E-state index in [0.717, 1.165) is 12.0 Å². The van der Waals surface area contributed by atoms with Crippen molar-refractivity contribution in [3.05, 3.63) is 59.9 Å². The van der Waals surface area contributed by atoms with Gasteiger partial charge >= 0.3 is 0 Å². The van der Waals surface area contributed by atoms with Crippen LogP contribution in [0.5, 0.6) is 5.75 Å². The first-order valence-corrected chi connectivity index (χ1v) is 8.68. The molecule has 1 aromatic carbocycles. The standard InChI is InChI=1S/C20H24N2O3/c1-15(2)22(17-10-11-24-14-17)20(23)19-9-8-18(12-21-19)25-13-16-6-4-3-5-7-16/h3-9,12,15,17H,10-11,13-14H2,1-2H3. The average Bonchev–Trinajstić information content (AvgIpc) is 3.15. The second kappa shape index (κ2) is 8.12. The zero-order valence-electron chi connectivity index (χ0n) is 14.7. The second-order valence-electron chi connectivity index (χ2n) is 6.48. The molecule has 0 radical (unpaired) electrons. The van der Waals surface area contributed by atoms with Crippen molar-refractivity contribution in [2.24, 2.45) is 0 Å². The van der Waals surface area contributed by atoms with E-state index in [-0.39, 0.29) is 18.0 Å². The first kappa shape index (κ1) is 17.4. The maximum atomic E-state index is 12.8. The van der Waals surface area contributed by atoms with Crippen molar-refractivity contribution in [3.8, 4) is 5.75 Å². The summed E-state index contributed by atoms with van der Waals surface area (Å²) in [5, 5.41) is 0. The van der Waals surface area contributed by atoms with Gasteiger partial charge < -0.3 is 14.4 Å². The minimum absolute atomic E-state index is 0.0555. The molecule has 1 aromatic heterocycles. The lowest BCUT2D eigenvalue weighted by Gasteiger charge is -2.31. The highest BCUT2D eigenvalue weighted by Gasteiger charge is 2.30. The Labute approximate surface area is 148 Å². The fourth-order valence-electron chi connectivity index (χ4n) is 3.03. The minimum Gasteiger partial charge on any atom is -0.487 e. The van der Waals surface area contributed by atoms with E-state index >= 15 is 0 Å². The van der Waals surface area contributed by atoms with Gasteiger partial charge in [-0.25, -0.2) is 4.98 Å². The summed E-state index contributed by atoms with van der Waals surface area (Å²) in [4.78, 5) is 19.0. The van der Waals surface area contributed by atoms with Crippen molar-refractivity contribution in [2.75, 3.05) is 13.2 Å². The molecule has 1 fully saturated rings. The quantitative estimate of drug-likeness (QED) is 0.810. The van der Waals surface area contributed by atoms with E-state index in [4.69, 9.17) is 9.47 Å². The Hall–Kier alpha value is -2.40. The van der Waals surface area contributed by atoms with Gasteiger partial charge in [0.05, 0.1) is 18.8 Å². The molecule has 0 saturated carbocycles. The molecule has 3 rings (SSSR count). The summed E-state index contributed by atoms with van der Waals surface area (Å²) < 4.78 is 11.2. The number of hydrogen-bond acceptors (Lipinski definition) is 4. The third kappa shape index (κ3) is 4.37. The molecule has 0 bridgehead atoms. The van der Waals surface area contributed by atoms with Gasteiger partial charge in [0.2, 0.25) is 0 Å². The van der Waals surface area contributed by atoms with Gasteiger partial charge in [-0.2, -0.15) is 0 Å². The molecule has 1 unspecified atom stereocenters. The number of rotatable bonds is 6. The summed E-state index contributed by atoms with van der Waals surface area (Å²) >= 11 is 0. The van der Waals surface area contributed by atoms with Crippen LogP contribution in [0.4, 0.5) is 0 Å². The largest absolute Gasteiger partial charge is 0.487 e. The topological polar surface area (TPSA) is 51.7 Å². The number of aromatic nitrogens is 1. The summed E-state index contributed by atoms with van der Waals surface area (Å²) in [6.45, 7) is 5.83. The lowest BCUT2D eigenvalue weighted by Crippen LogP contribution is -2.45. The van der Waals surface area contributed by atoms with E-state index in [2.05, 4.69) is 4.98 Å². The predicted molar refractivity (Wildman–Crippen MR) is 95.5 cm³/mol. The number of carbonyl (C=O) groups is 1. The fourth-order valence-corrected chi connectivity index (χ4v) is 3.03. The van der Waals surface area contributed by atoms with Gasteiger partial charge in [-0.3, -0.25) is 4.79 Å². The van der Waals surface area contributed by atoms with Gasteiger partial charge in [0.25, 0.3) is 5.91 Å². The normalized spacial score (nSPS) is 16.8. The molecule has 5 heteroatoms. The number of hydrogen-bond donors (Lipinski definition) is 0. The Balaban J connectivity index is 1.65. The first-order chi connectivity index (χ1) is 12.1. The zero-order valence-corrected chi connectivity index (χ0v) is 14.7. The number of nitrogens with zero attached hydrogens (tertiary/aromatic N) is 2.